The molecular formula is C23H20ClN3O2. The molecule has 0 radical (unpaired) electrons. The number of anilines is 1. The molecule has 146 valence electrons. The molecule has 0 saturated carbocycles. The lowest BCUT2D eigenvalue weighted by Crippen LogP contribution is -2.48. The number of aromatic nitrogens is 1. The maximum atomic E-state index is 12.6. The van der Waals surface area contributed by atoms with Crippen molar-refractivity contribution in [1.82, 2.24) is 9.88 Å². The summed E-state index contributed by atoms with van der Waals surface area (Å²) in [5.74, 6) is -0.0335. The first-order valence-corrected chi connectivity index (χ1v) is 9.85. The Kier molecular flexibility index (Phi) is 5.58. The normalized spacial score (nSPS) is 14.0. The molecule has 1 fully saturated rings. The molecule has 6 heteroatoms. The smallest absolute Gasteiger partial charge is 0.253 e. The zero-order valence-corrected chi connectivity index (χ0v) is 16.5. The van der Waals surface area contributed by atoms with Crippen molar-refractivity contribution in [2.24, 2.45) is 0 Å². The minimum Gasteiger partial charge on any atom is -0.367 e. The molecule has 1 aliphatic rings. The molecule has 4 rings (SSSR count). The highest BCUT2D eigenvalue weighted by Crippen LogP contribution is 2.29. The number of carbonyl (C=O) groups is 2. The average Bonchev–Trinajstić information content (AvgIpc) is 2.79. The number of carbonyl (C=O) groups excluding carboxylic acids is 2. The fourth-order valence-electron chi connectivity index (χ4n) is 3.49. The minimum absolute atomic E-state index is 0.0506. The Morgan fingerprint density at radius 2 is 1.48 bits per heavy atom. The van der Waals surface area contributed by atoms with E-state index in [1.54, 1.807) is 36.7 Å². The van der Waals surface area contributed by atoms with E-state index in [-0.39, 0.29) is 11.7 Å². The van der Waals surface area contributed by atoms with Crippen LogP contribution in [-0.4, -0.2) is 47.8 Å². The molecule has 0 aliphatic carbocycles. The first-order valence-electron chi connectivity index (χ1n) is 9.47. The van der Waals surface area contributed by atoms with E-state index in [0.717, 1.165) is 5.69 Å². The summed E-state index contributed by atoms with van der Waals surface area (Å²) in [5, 5.41) is 0.535. The van der Waals surface area contributed by atoms with Gasteiger partial charge in [-0.2, -0.15) is 0 Å². The lowest BCUT2D eigenvalue weighted by molar-refractivity contribution is 0.0746. The van der Waals surface area contributed by atoms with E-state index in [9.17, 15) is 9.59 Å². The summed E-state index contributed by atoms with van der Waals surface area (Å²) >= 11 is 6.50. The monoisotopic (exact) mass is 405 g/mol. The van der Waals surface area contributed by atoms with Gasteiger partial charge in [-0.25, -0.2) is 0 Å². The van der Waals surface area contributed by atoms with Gasteiger partial charge in [0.1, 0.15) is 0 Å². The van der Waals surface area contributed by atoms with Gasteiger partial charge in [0, 0.05) is 55.3 Å². The molecule has 2 aromatic carbocycles. The van der Waals surface area contributed by atoms with Crippen molar-refractivity contribution in [3.05, 3.63) is 94.8 Å². The zero-order chi connectivity index (χ0) is 20.2. The van der Waals surface area contributed by atoms with Crippen molar-refractivity contribution in [1.29, 1.82) is 0 Å². The maximum absolute atomic E-state index is 12.6. The molecular weight excluding hydrogens is 386 g/mol. The van der Waals surface area contributed by atoms with Crippen LogP contribution in [0, 0.1) is 0 Å². The third-order valence-electron chi connectivity index (χ3n) is 5.08. The van der Waals surface area contributed by atoms with Crippen LogP contribution < -0.4 is 4.90 Å². The SMILES string of the molecule is O=C(c1ccncc1)c1ccc(N2CCN(C(=O)c3ccccc3)CC2)c(Cl)c1. The summed E-state index contributed by atoms with van der Waals surface area (Å²) in [6, 6.07) is 18.1. The fraction of sp³-hybridized carbons (Fsp3) is 0.174. The molecule has 0 spiro atoms. The van der Waals surface area contributed by atoms with Gasteiger partial charge in [-0.1, -0.05) is 29.8 Å². The van der Waals surface area contributed by atoms with Gasteiger partial charge >= 0.3 is 0 Å². The van der Waals surface area contributed by atoms with Crippen LogP contribution >= 0.6 is 11.6 Å². The van der Waals surface area contributed by atoms with Crippen molar-refractivity contribution in [3.8, 4) is 0 Å². The van der Waals surface area contributed by atoms with Gasteiger partial charge < -0.3 is 9.80 Å². The Morgan fingerprint density at radius 3 is 2.14 bits per heavy atom. The number of ketones is 1. The number of hydrogen-bond donors (Lipinski definition) is 0. The first-order chi connectivity index (χ1) is 14.1. The van der Waals surface area contributed by atoms with Gasteiger partial charge in [0.25, 0.3) is 5.91 Å². The molecule has 1 amide bonds. The number of benzene rings is 2. The van der Waals surface area contributed by atoms with Gasteiger partial charge in [-0.05, 0) is 42.5 Å². The van der Waals surface area contributed by atoms with Crippen molar-refractivity contribution >= 4 is 29.0 Å². The summed E-state index contributed by atoms with van der Waals surface area (Å²) in [6.07, 6.45) is 3.19. The molecule has 5 nitrogen and oxygen atoms in total. The van der Waals surface area contributed by atoms with E-state index in [1.807, 2.05) is 41.3 Å². The largest absolute Gasteiger partial charge is 0.367 e. The molecule has 1 aromatic heterocycles. The molecule has 0 N–H and O–H groups in total. The second-order valence-corrected chi connectivity index (χ2v) is 7.28. The van der Waals surface area contributed by atoms with Crippen LogP contribution in [0.15, 0.2) is 73.1 Å². The van der Waals surface area contributed by atoms with Crippen LogP contribution in [0.5, 0.6) is 0 Å². The third-order valence-corrected chi connectivity index (χ3v) is 5.38. The Labute approximate surface area is 174 Å². The van der Waals surface area contributed by atoms with Crippen LogP contribution in [0.4, 0.5) is 5.69 Å². The zero-order valence-electron chi connectivity index (χ0n) is 15.8. The predicted octanol–water partition coefficient (Wildman–Crippen LogP) is 3.93. The lowest BCUT2D eigenvalue weighted by Gasteiger charge is -2.36. The fourth-order valence-corrected chi connectivity index (χ4v) is 3.79. The summed E-state index contributed by atoms with van der Waals surface area (Å²) in [4.78, 5) is 33.2. The number of rotatable bonds is 4. The summed E-state index contributed by atoms with van der Waals surface area (Å²) in [7, 11) is 0. The Balaban J connectivity index is 1.44. The van der Waals surface area contributed by atoms with Crippen molar-refractivity contribution in [2.75, 3.05) is 31.1 Å². The quantitative estimate of drug-likeness (QED) is 0.617. The van der Waals surface area contributed by atoms with E-state index in [4.69, 9.17) is 11.6 Å². The second kappa shape index (κ2) is 8.45. The number of pyridine rings is 1. The van der Waals surface area contributed by atoms with Crippen molar-refractivity contribution in [2.45, 2.75) is 0 Å². The van der Waals surface area contributed by atoms with Gasteiger partial charge in [0.05, 0.1) is 10.7 Å². The Hall–Kier alpha value is -3.18. The lowest BCUT2D eigenvalue weighted by atomic mass is 10.0. The van der Waals surface area contributed by atoms with Crippen molar-refractivity contribution < 1.29 is 9.59 Å². The second-order valence-electron chi connectivity index (χ2n) is 6.88. The van der Waals surface area contributed by atoms with E-state index in [1.165, 1.54) is 0 Å². The number of amides is 1. The molecule has 0 unspecified atom stereocenters. The molecule has 1 aliphatic heterocycles. The molecule has 2 heterocycles. The van der Waals surface area contributed by atoms with E-state index in [2.05, 4.69) is 9.88 Å². The summed E-state index contributed by atoms with van der Waals surface area (Å²) in [5.41, 5.74) is 2.71. The third kappa shape index (κ3) is 4.15. The highest BCUT2D eigenvalue weighted by Gasteiger charge is 2.23. The average molecular weight is 406 g/mol. The number of nitrogens with zero attached hydrogens (tertiary/aromatic N) is 3. The van der Waals surface area contributed by atoms with Crippen LogP contribution in [0.3, 0.4) is 0 Å². The van der Waals surface area contributed by atoms with Crippen molar-refractivity contribution in [3.63, 3.8) is 0 Å². The Morgan fingerprint density at radius 1 is 0.793 bits per heavy atom. The van der Waals surface area contributed by atoms with Gasteiger partial charge in [0.15, 0.2) is 5.78 Å². The number of hydrogen-bond acceptors (Lipinski definition) is 4. The van der Waals surface area contributed by atoms with E-state index >= 15 is 0 Å². The van der Waals surface area contributed by atoms with Gasteiger partial charge in [-0.3, -0.25) is 14.6 Å². The predicted molar refractivity (Wildman–Crippen MR) is 114 cm³/mol. The molecule has 3 aromatic rings. The topological polar surface area (TPSA) is 53.5 Å². The van der Waals surface area contributed by atoms with E-state index in [0.29, 0.717) is 47.9 Å². The van der Waals surface area contributed by atoms with E-state index < -0.39 is 0 Å². The molecule has 29 heavy (non-hydrogen) atoms. The van der Waals surface area contributed by atoms with Crippen LogP contribution in [0.2, 0.25) is 5.02 Å². The highest BCUT2D eigenvalue weighted by atomic mass is 35.5. The first kappa shape index (κ1) is 19.2. The highest BCUT2D eigenvalue weighted by molar-refractivity contribution is 6.33. The number of piperazine rings is 1. The van der Waals surface area contributed by atoms with Crippen LogP contribution in [0.25, 0.3) is 0 Å². The Bertz CT molecular complexity index is 1020. The summed E-state index contributed by atoms with van der Waals surface area (Å²) < 4.78 is 0. The van der Waals surface area contributed by atoms with Crippen LogP contribution in [-0.2, 0) is 0 Å². The molecule has 0 bridgehead atoms. The van der Waals surface area contributed by atoms with Gasteiger partial charge in [0.2, 0.25) is 0 Å². The standard InChI is InChI=1S/C23H20ClN3O2/c24-20-16-19(22(28)17-8-10-25-11-9-17)6-7-21(20)26-12-14-27(15-13-26)23(29)18-4-2-1-3-5-18/h1-11,16H,12-15H2. The summed E-state index contributed by atoms with van der Waals surface area (Å²) in [6.45, 7) is 2.63. The molecule has 0 atom stereocenters. The number of halogens is 1. The van der Waals surface area contributed by atoms with Crippen LogP contribution in [0.1, 0.15) is 26.3 Å². The maximum Gasteiger partial charge on any atom is 0.253 e. The van der Waals surface area contributed by atoms with Gasteiger partial charge in [-0.15, -0.1) is 0 Å². The molecule has 1 saturated heterocycles. The minimum atomic E-state index is -0.0841.